The van der Waals surface area contributed by atoms with Gasteiger partial charge in [-0.2, -0.15) is 0 Å². The van der Waals surface area contributed by atoms with Crippen LogP contribution in [-0.2, 0) is 0 Å². The molecular weight excluding hydrogens is 390 g/mol. The number of hydrogen-bond donors (Lipinski definition) is 1. The first kappa shape index (κ1) is 15.6. The highest BCUT2D eigenvalue weighted by molar-refractivity contribution is 9.10. The van der Waals surface area contributed by atoms with Crippen LogP contribution in [0.25, 0.3) is 5.69 Å². The zero-order valence-corrected chi connectivity index (χ0v) is 14.4. The van der Waals surface area contributed by atoms with E-state index in [1.165, 1.54) is 11.0 Å². The molecule has 9 heteroatoms. The molecule has 1 N–H and O–H groups in total. The zero-order valence-electron chi connectivity index (χ0n) is 12.8. The van der Waals surface area contributed by atoms with E-state index in [2.05, 4.69) is 36.8 Å². The first-order valence-corrected chi connectivity index (χ1v) is 8.24. The molecule has 0 spiro atoms. The summed E-state index contributed by atoms with van der Waals surface area (Å²) < 4.78 is 13.3. The quantitative estimate of drug-likeness (QED) is 0.724. The standard InChI is InChI=1S/C16H12BrN5O3/c17-13-6-10(7-14-15(13)25-5-4-24-14)16(23)19-11-2-1-3-12(8-11)22-9-18-20-21-22/h1-3,6-9H,4-5H2,(H,19,23). The number of fused-ring (bicyclic) bond motifs is 1. The van der Waals surface area contributed by atoms with Crippen LogP contribution in [0.4, 0.5) is 5.69 Å². The molecule has 25 heavy (non-hydrogen) atoms. The highest BCUT2D eigenvalue weighted by atomic mass is 79.9. The van der Waals surface area contributed by atoms with Crippen molar-refractivity contribution < 1.29 is 14.3 Å². The Hall–Kier alpha value is -2.94. The maximum absolute atomic E-state index is 12.6. The number of nitrogens with one attached hydrogen (secondary N) is 1. The van der Waals surface area contributed by atoms with Crippen LogP contribution in [0.1, 0.15) is 10.4 Å². The van der Waals surface area contributed by atoms with Crippen molar-refractivity contribution in [3.63, 3.8) is 0 Å². The van der Waals surface area contributed by atoms with Crippen LogP contribution in [0.15, 0.2) is 47.2 Å². The maximum Gasteiger partial charge on any atom is 0.255 e. The van der Waals surface area contributed by atoms with Crippen LogP contribution in [0.3, 0.4) is 0 Å². The Kier molecular flexibility index (Phi) is 4.06. The number of carbonyl (C=O) groups is 1. The van der Waals surface area contributed by atoms with Crippen molar-refractivity contribution in [3.8, 4) is 17.2 Å². The number of nitrogens with zero attached hydrogens (tertiary/aromatic N) is 4. The minimum atomic E-state index is -0.258. The second-order valence-corrected chi connectivity index (χ2v) is 6.10. The van der Waals surface area contributed by atoms with Gasteiger partial charge in [-0.1, -0.05) is 6.07 Å². The predicted octanol–water partition coefficient (Wildman–Crippen LogP) is 2.45. The van der Waals surface area contributed by atoms with E-state index in [4.69, 9.17) is 9.47 Å². The van der Waals surface area contributed by atoms with E-state index < -0.39 is 0 Å². The molecule has 0 saturated heterocycles. The molecule has 0 atom stereocenters. The first-order valence-electron chi connectivity index (χ1n) is 7.44. The highest BCUT2D eigenvalue weighted by Crippen LogP contribution is 2.38. The number of aromatic nitrogens is 4. The molecule has 1 aromatic heterocycles. The predicted molar refractivity (Wildman–Crippen MR) is 92.2 cm³/mol. The van der Waals surface area contributed by atoms with Gasteiger partial charge in [0.15, 0.2) is 11.5 Å². The Labute approximate surface area is 150 Å². The summed E-state index contributed by atoms with van der Waals surface area (Å²) in [5, 5.41) is 13.9. The lowest BCUT2D eigenvalue weighted by atomic mass is 10.1. The fourth-order valence-electron chi connectivity index (χ4n) is 2.45. The molecule has 0 saturated carbocycles. The van der Waals surface area contributed by atoms with E-state index in [1.54, 1.807) is 24.3 Å². The van der Waals surface area contributed by atoms with E-state index in [9.17, 15) is 4.79 Å². The summed E-state index contributed by atoms with van der Waals surface area (Å²) in [6.45, 7) is 0.944. The van der Waals surface area contributed by atoms with Crippen molar-refractivity contribution >= 4 is 27.5 Å². The lowest BCUT2D eigenvalue weighted by Crippen LogP contribution is -2.18. The SMILES string of the molecule is O=C(Nc1cccc(-n2cnnn2)c1)c1cc(Br)c2c(c1)OCCO2. The zero-order chi connectivity index (χ0) is 17.2. The van der Waals surface area contributed by atoms with Gasteiger partial charge in [0, 0.05) is 11.3 Å². The molecule has 0 fully saturated rings. The van der Waals surface area contributed by atoms with Crippen molar-refractivity contribution in [1.82, 2.24) is 20.2 Å². The average Bonchev–Trinajstić information content (AvgIpc) is 3.17. The maximum atomic E-state index is 12.6. The molecule has 1 aliphatic rings. The minimum Gasteiger partial charge on any atom is -0.486 e. The number of amides is 1. The second kappa shape index (κ2) is 6.52. The smallest absolute Gasteiger partial charge is 0.255 e. The number of anilines is 1. The minimum absolute atomic E-state index is 0.258. The third-order valence-electron chi connectivity index (χ3n) is 3.58. The summed E-state index contributed by atoms with van der Waals surface area (Å²) in [4.78, 5) is 12.6. The van der Waals surface area contributed by atoms with E-state index in [1.807, 2.05) is 12.1 Å². The summed E-state index contributed by atoms with van der Waals surface area (Å²) in [6.07, 6.45) is 1.48. The van der Waals surface area contributed by atoms with Crippen molar-refractivity contribution in [2.45, 2.75) is 0 Å². The van der Waals surface area contributed by atoms with E-state index in [-0.39, 0.29) is 5.91 Å². The summed E-state index contributed by atoms with van der Waals surface area (Å²) in [5.74, 6) is 0.906. The van der Waals surface area contributed by atoms with Gasteiger partial charge in [-0.15, -0.1) is 5.10 Å². The number of tetrazole rings is 1. The molecule has 0 bridgehead atoms. The molecule has 0 aliphatic carbocycles. The topological polar surface area (TPSA) is 91.2 Å². The van der Waals surface area contributed by atoms with Gasteiger partial charge in [-0.25, -0.2) is 4.68 Å². The molecule has 0 unspecified atom stereocenters. The van der Waals surface area contributed by atoms with Gasteiger partial charge in [0.1, 0.15) is 19.5 Å². The molecule has 4 rings (SSSR count). The highest BCUT2D eigenvalue weighted by Gasteiger charge is 2.19. The van der Waals surface area contributed by atoms with Crippen molar-refractivity contribution in [2.24, 2.45) is 0 Å². The van der Waals surface area contributed by atoms with Gasteiger partial charge in [0.25, 0.3) is 5.91 Å². The Balaban J connectivity index is 1.58. The van der Waals surface area contributed by atoms with E-state index in [0.29, 0.717) is 40.4 Å². The number of hydrogen-bond acceptors (Lipinski definition) is 6. The Morgan fingerprint density at radius 2 is 2.08 bits per heavy atom. The third-order valence-corrected chi connectivity index (χ3v) is 4.17. The first-order chi connectivity index (χ1) is 12.2. The summed E-state index contributed by atoms with van der Waals surface area (Å²) in [5.41, 5.74) is 1.83. The Morgan fingerprint density at radius 3 is 2.92 bits per heavy atom. The summed E-state index contributed by atoms with van der Waals surface area (Å²) in [7, 11) is 0. The summed E-state index contributed by atoms with van der Waals surface area (Å²) in [6, 6.07) is 10.6. The van der Waals surface area contributed by atoms with Crippen LogP contribution < -0.4 is 14.8 Å². The van der Waals surface area contributed by atoms with Crippen molar-refractivity contribution in [1.29, 1.82) is 0 Å². The number of halogens is 1. The number of carbonyl (C=O) groups excluding carboxylic acids is 1. The normalized spacial score (nSPS) is 12.7. The lowest BCUT2D eigenvalue weighted by molar-refractivity contribution is 0.102. The van der Waals surface area contributed by atoms with Crippen molar-refractivity contribution in [3.05, 3.63) is 52.8 Å². The number of benzene rings is 2. The molecule has 0 radical (unpaired) electrons. The fourth-order valence-corrected chi connectivity index (χ4v) is 3.01. The van der Waals surface area contributed by atoms with E-state index >= 15 is 0 Å². The molecular formula is C16H12BrN5O3. The Morgan fingerprint density at radius 1 is 1.20 bits per heavy atom. The molecule has 1 aliphatic heterocycles. The van der Waals surface area contributed by atoms with Gasteiger partial charge in [0.2, 0.25) is 0 Å². The fraction of sp³-hybridized carbons (Fsp3) is 0.125. The molecule has 1 amide bonds. The van der Waals surface area contributed by atoms with Crippen molar-refractivity contribution in [2.75, 3.05) is 18.5 Å². The number of ether oxygens (including phenoxy) is 2. The Bertz CT molecular complexity index is 930. The van der Waals surface area contributed by atoms with Crippen LogP contribution >= 0.6 is 15.9 Å². The van der Waals surface area contributed by atoms with Gasteiger partial charge < -0.3 is 14.8 Å². The molecule has 126 valence electrons. The van der Waals surface area contributed by atoms with Crippen LogP contribution in [0.2, 0.25) is 0 Å². The van der Waals surface area contributed by atoms with Gasteiger partial charge in [-0.05, 0) is 56.7 Å². The van der Waals surface area contributed by atoms with Gasteiger partial charge in [-0.3, -0.25) is 4.79 Å². The third kappa shape index (κ3) is 3.18. The number of rotatable bonds is 3. The summed E-state index contributed by atoms with van der Waals surface area (Å²) >= 11 is 3.41. The van der Waals surface area contributed by atoms with Gasteiger partial charge in [0.05, 0.1) is 10.2 Å². The monoisotopic (exact) mass is 401 g/mol. The average molecular weight is 402 g/mol. The van der Waals surface area contributed by atoms with Crippen LogP contribution in [0.5, 0.6) is 11.5 Å². The molecule has 2 heterocycles. The molecule has 8 nitrogen and oxygen atoms in total. The molecule has 3 aromatic rings. The lowest BCUT2D eigenvalue weighted by Gasteiger charge is -2.20. The second-order valence-electron chi connectivity index (χ2n) is 5.24. The molecule has 2 aromatic carbocycles. The van der Waals surface area contributed by atoms with E-state index in [0.717, 1.165) is 5.69 Å². The largest absolute Gasteiger partial charge is 0.486 e. The van der Waals surface area contributed by atoms with Crippen LogP contribution in [0, 0.1) is 0 Å². The van der Waals surface area contributed by atoms with Gasteiger partial charge >= 0.3 is 0 Å². The van der Waals surface area contributed by atoms with Crippen LogP contribution in [-0.4, -0.2) is 39.3 Å².